The third-order valence-electron chi connectivity index (χ3n) is 3.25. The van der Waals surface area contributed by atoms with Gasteiger partial charge >= 0.3 is 0 Å². The lowest BCUT2D eigenvalue weighted by Crippen LogP contribution is -2.03. The molecule has 0 amide bonds. The van der Waals surface area contributed by atoms with E-state index in [9.17, 15) is 4.39 Å². The topological polar surface area (TPSA) is 37.8 Å². The summed E-state index contributed by atoms with van der Waals surface area (Å²) in [5, 5.41) is 3.06. The van der Waals surface area contributed by atoms with Crippen LogP contribution >= 0.6 is 31.9 Å². The Morgan fingerprint density at radius 3 is 2.65 bits per heavy atom. The summed E-state index contributed by atoms with van der Waals surface area (Å²) in [4.78, 5) is 9.09. The Bertz CT molecular complexity index is 672. The van der Waals surface area contributed by atoms with Crippen LogP contribution < -0.4 is 5.32 Å². The van der Waals surface area contributed by atoms with Crippen LogP contribution in [0.3, 0.4) is 0 Å². The van der Waals surface area contributed by atoms with Gasteiger partial charge in [-0.1, -0.05) is 15.9 Å². The largest absolute Gasteiger partial charge is 0.372 e. The number of nitrogens with one attached hydrogen (secondary N) is 1. The van der Waals surface area contributed by atoms with Crippen LogP contribution in [-0.2, 0) is 0 Å². The Labute approximate surface area is 133 Å². The fraction of sp³-hybridized carbons (Fsp3) is 0.286. The lowest BCUT2D eigenvalue weighted by molar-refractivity contribution is 0.628. The summed E-state index contributed by atoms with van der Waals surface area (Å²) in [6.45, 7) is 0. The van der Waals surface area contributed by atoms with E-state index in [0.717, 1.165) is 33.3 Å². The van der Waals surface area contributed by atoms with Crippen LogP contribution in [0, 0.1) is 5.82 Å². The number of anilines is 1. The highest BCUT2D eigenvalue weighted by Crippen LogP contribution is 2.44. The van der Waals surface area contributed by atoms with Gasteiger partial charge in [-0.3, -0.25) is 0 Å². The molecular weight excluding hydrogens is 389 g/mol. The summed E-state index contributed by atoms with van der Waals surface area (Å²) in [5.74, 6) is 1.44. The first-order valence-electron chi connectivity index (χ1n) is 6.30. The minimum Gasteiger partial charge on any atom is -0.372 e. The van der Waals surface area contributed by atoms with E-state index in [-0.39, 0.29) is 5.82 Å². The molecular formula is C14H12Br2FN3. The van der Waals surface area contributed by atoms with E-state index in [0.29, 0.717) is 17.3 Å². The molecule has 104 valence electrons. The predicted molar refractivity (Wildman–Crippen MR) is 84.3 cm³/mol. The van der Waals surface area contributed by atoms with E-state index in [1.165, 1.54) is 12.1 Å². The van der Waals surface area contributed by atoms with Crippen molar-refractivity contribution >= 4 is 37.7 Å². The molecule has 1 aliphatic rings. The van der Waals surface area contributed by atoms with Crippen molar-refractivity contribution in [2.75, 3.05) is 12.4 Å². The van der Waals surface area contributed by atoms with E-state index in [4.69, 9.17) is 0 Å². The average Bonchev–Trinajstić information content (AvgIpc) is 3.26. The third-order valence-corrected chi connectivity index (χ3v) is 4.72. The van der Waals surface area contributed by atoms with Gasteiger partial charge in [0.25, 0.3) is 0 Å². The highest BCUT2D eigenvalue weighted by Gasteiger charge is 2.29. The normalized spacial score (nSPS) is 14.4. The minimum atomic E-state index is -0.298. The van der Waals surface area contributed by atoms with Gasteiger partial charge < -0.3 is 5.32 Å². The zero-order valence-corrected chi connectivity index (χ0v) is 13.9. The number of halogens is 3. The van der Waals surface area contributed by atoms with Gasteiger partial charge in [-0.05, 0) is 47.0 Å². The lowest BCUT2D eigenvalue weighted by Gasteiger charge is -2.11. The van der Waals surface area contributed by atoms with Crippen molar-refractivity contribution in [1.29, 1.82) is 0 Å². The van der Waals surface area contributed by atoms with E-state index >= 15 is 0 Å². The number of benzene rings is 1. The van der Waals surface area contributed by atoms with Crippen LogP contribution in [0.1, 0.15) is 24.5 Å². The molecule has 3 rings (SSSR count). The fourth-order valence-electron chi connectivity index (χ4n) is 2.05. The first-order valence-corrected chi connectivity index (χ1v) is 7.89. The fourth-order valence-corrected chi connectivity index (χ4v) is 3.17. The van der Waals surface area contributed by atoms with Gasteiger partial charge in [0.2, 0.25) is 0 Å². The van der Waals surface area contributed by atoms with Gasteiger partial charge in [0.1, 0.15) is 11.6 Å². The van der Waals surface area contributed by atoms with Crippen molar-refractivity contribution < 1.29 is 4.39 Å². The maximum atomic E-state index is 13.5. The number of hydrogen-bond acceptors (Lipinski definition) is 3. The van der Waals surface area contributed by atoms with Gasteiger partial charge in [-0.15, -0.1) is 0 Å². The lowest BCUT2D eigenvalue weighted by atomic mass is 10.2. The molecule has 6 heteroatoms. The molecule has 0 unspecified atom stereocenters. The molecule has 1 heterocycles. The molecule has 1 aromatic heterocycles. The monoisotopic (exact) mass is 399 g/mol. The summed E-state index contributed by atoms with van der Waals surface area (Å²) in [6.07, 6.45) is 2.28. The zero-order chi connectivity index (χ0) is 14.3. The Morgan fingerprint density at radius 2 is 2.00 bits per heavy atom. The van der Waals surface area contributed by atoms with Crippen LogP contribution in [0.4, 0.5) is 10.2 Å². The van der Waals surface area contributed by atoms with Gasteiger partial charge in [-0.2, -0.15) is 0 Å². The molecule has 2 aromatic rings. The first-order chi connectivity index (χ1) is 9.60. The Hall–Kier alpha value is -1.01. The number of nitrogens with zero attached hydrogens (tertiary/aromatic N) is 2. The number of hydrogen-bond donors (Lipinski definition) is 1. The first kappa shape index (κ1) is 13.9. The van der Waals surface area contributed by atoms with Gasteiger partial charge in [-0.25, -0.2) is 14.4 Å². The molecule has 1 N–H and O–H groups in total. The van der Waals surface area contributed by atoms with Crippen molar-refractivity contribution in [1.82, 2.24) is 9.97 Å². The third kappa shape index (κ3) is 2.59. The second-order valence-corrected chi connectivity index (χ2v) is 6.39. The molecule has 1 aliphatic carbocycles. The molecule has 1 aromatic carbocycles. The van der Waals surface area contributed by atoms with Crippen LogP contribution in [0.25, 0.3) is 11.4 Å². The quantitative estimate of drug-likeness (QED) is 0.809. The van der Waals surface area contributed by atoms with Crippen molar-refractivity contribution in [3.05, 3.63) is 38.7 Å². The van der Waals surface area contributed by atoms with Crippen molar-refractivity contribution in [3.8, 4) is 11.4 Å². The number of aromatic nitrogens is 2. The van der Waals surface area contributed by atoms with E-state index in [1.54, 1.807) is 6.07 Å². The summed E-state index contributed by atoms with van der Waals surface area (Å²) >= 11 is 6.98. The Balaban J connectivity index is 2.18. The maximum Gasteiger partial charge on any atom is 0.163 e. The molecule has 0 spiro atoms. The SMILES string of the molecule is CNc1nc(-c2cc(F)ccc2Br)nc(C2CC2)c1Br. The summed E-state index contributed by atoms with van der Waals surface area (Å²) in [5.41, 5.74) is 1.66. The summed E-state index contributed by atoms with van der Waals surface area (Å²) in [7, 11) is 1.81. The summed E-state index contributed by atoms with van der Waals surface area (Å²) < 4.78 is 15.1. The standard InChI is InChI=1S/C14H12Br2FN3/c1-18-14-11(16)12(7-2-3-7)19-13(20-14)9-6-8(17)4-5-10(9)15/h4-7H,2-3H2,1H3,(H,18,19,20). The minimum absolute atomic E-state index is 0.298. The number of rotatable bonds is 3. The molecule has 3 nitrogen and oxygen atoms in total. The van der Waals surface area contributed by atoms with E-state index < -0.39 is 0 Å². The zero-order valence-electron chi connectivity index (χ0n) is 10.8. The molecule has 0 aliphatic heterocycles. The van der Waals surface area contributed by atoms with Crippen molar-refractivity contribution in [3.63, 3.8) is 0 Å². The molecule has 0 bridgehead atoms. The smallest absolute Gasteiger partial charge is 0.163 e. The van der Waals surface area contributed by atoms with Crippen LogP contribution in [0.2, 0.25) is 0 Å². The van der Waals surface area contributed by atoms with Gasteiger partial charge in [0.15, 0.2) is 5.82 Å². The molecule has 0 saturated heterocycles. The van der Waals surface area contributed by atoms with Crippen molar-refractivity contribution in [2.45, 2.75) is 18.8 Å². The highest BCUT2D eigenvalue weighted by atomic mass is 79.9. The molecule has 1 fully saturated rings. The second-order valence-electron chi connectivity index (χ2n) is 4.74. The van der Waals surface area contributed by atoms with E-state index in [1.807, 2.05) is 7.05 Å². The molecule has 20 heavy (non-hydrogen) atoms. The molecule has 0 radical (unpaired) electrons. The summed E-state index contributed by atoms with van der Waals surface area (Å²) in [6, 6.07) is 4.53. The second kappa shape index (κ2) is 5.41. The Kier molecular flexibility index (Phi) is 3.77. The maximum absolute atomic E-state index is 13.5. The van der Waals surface area contributed by atoms with Crippen molar-refractivity contribution in [2.24, 2.45) is 0 Å². The van der Waals surface area contributed by atoms with Gasteiger partial charge in [0.05, 0.1) is 10.2 Å². The predicted octanol–water partition coefficient (Wildman–Crippen LogP) is 4.73. The van der Waals surface area contributed by atoms with Crippen LogP contribution in [-0.4, -0.2) is 17.0 Å². The van der Waals surface area contributed by atoms with E-state index in [2.05, 4.69) is 47.1 Å². The van der Waals surface area contributed by atoms with Crippen LogP contribution in [0.15, 0.2) is 27.1 Å². The highest BCUT2D eigenvalue weighted by molar-refractivity contribution is 9.11. The van der Waals surface area contributed by atoms with Gasteiger partial charge in [0, 0.05) is 23.0 Å². The molecule has 0 atom stereocenters. The van der Waals surface area contributed by atoms with Crippen LogP contribution in [0.5, 0.6) is 0 Å². The molecule has 1 saturated carbocycles. The average molecular weight is 401 g/mol. The Morgan fingerprint density at radius 1 is 1.25 bits per heavy atom.